The second kappa shape index (κ2) is 5.41. The highest BCUT2D eigenvalue weighted by atomic mass is 32.2. The van der Waals surface area contributed by atoms with Crippen molar-refractivity contribution in [3.8, 4) is 12.3 Å². The number of rotatable bonds is 2. The summed E-state index contributed by atoms with van der Waals surface area (Å²) in [6.07, 6.45) is 5.33. The van der Waals surface area contributed by atoms with E-state index in [1.807, 2.05) is 6.07 Å². The average Bonchev–Trinajstić information content (AvgIpc) is 2.87. The lowest BCUT2D eigenvalue weighted by atomic mass is 10.1. The molecule has 118 valence electrons. The van der Waals surface area contributed by atoms with Gasteiger partial charge in [-0.15, -0.1) is 17.8 Å². The summed E-state index contributed by atoms with van der Waals surface area (Å²) >= 11 is 1.24. The van der Waals surface area contributed by atoms with E-state index in [-0.39, 0.29) is 23.0 Å². The van der Waals surface area contributed by atoms with Crippen molar-refractivity contribution in [3.05, 3.63) is 45.3 Å². The van der Waals surface area contributed by atoms with Crippen LogP contribution >= 0.6 is 11.3 Å². The maximum Gasteiger partial charge on any atom is 0.270 e. The van der Waals surface area contributed by atoms with Gasteiger partial charge in [0.05, 0.1) is 11.6 Å². The minimum Gasteiger partial charge on any atom is -0.505 e. The molecule has 0 radical (unpaired) electrons. The molecule has 2 aromatic rings. The van der Waals surface area contributed by atoms with Gasteiger partial charge in [0.1, 0.15) is 9.78 Å². The first-order valence-electron chi connectivity index (χ1n) is 6.81. The number of aliphatic hydroxyl groups excluding tert-OH is 1. The number of aromatic nitrogens is 1. The zero-order chi connectivity index (χ0) is 16.8. The molecule has 0 spiro atoms. The van der Waals surface area contributed by atoms with E-state index < -0.39 is 10.0 Å². The smallest absolute Gasteiger partial charge is 0.270 e. The third-order valence-electron chi connectivity index (χ3n) is 3.56. The molecule has 1 aliphatic rings. The van der Waals surface area contributed by atoms with Crippen molar-refractivity contribution in [1.82, 2.24) is 4.98 Å². The first-order valence-corrected chi connectivity index (χ1v) is 9.07. The summed E-state index contributed by atoms with van der Waals surface area (Å²) in [5.74, 6) is 2.28. The number of fused-ring (bicyclic) bond motifs is 1. The average molecular weight is 346 g/mol. The quantitative estimate of drug-likeness (QED) is 0.849. The number of benzene rings is 1. The van der Waals surface area contributed by atoms with Gasteiger partial charge in [0.25, 0.3) is 10.0 Å². The van der Waals surface area contributed by atoms with Gasteiger partial charge in [-0.2, -0.15) is 0 Å². The molecule has 0 unspecified atom stereocenters. The molecule has 1 N–H and O–H groups in total. The monoisotopic (exact) mass is 346 g/mol. The Hall–Kier alpha value is -2.30. The SMILES string of the molecule is C#CCN1c2nc(C)sc2C(O)=C(c2ccccc2C)S1(=O)=O. The molecule has 2 heterocycles. The second-order valence-corrected chi connectivity index (χ2v) is 8.10. The Morgan fingerprint density at radius 3 is 2.70 bits per heavy atom. The number of thiazole rings is 1. The van der Waals surface area contributed by atoms with Crippen LogP contribution in [0.25, 0.3) is 10.7 Å². The molecule has 0 saturated carbocycles. The molecule has 0 bridgehead atoms. The molecule has 1 aliphatic heterocycles. The third kappa shape index (κ3) is 2.31. The van der Waals surface area contributed by atoms with Gasteiger partial charge in [0, 0.05) is 5.56 Å². The van der Waals surface area contributed by atoms with Gasteiger partial charge in [0.2, 0.25) is 0 Å². The summed E-state index contributed by atoms with van der Waals surface area (Å²) in [6.45, 7) is 3.41. The fourth-order valence-electron chi connectivity index (χ4n) is 2.53. The Labute approximate surface area is 139 Å². The van der Waals surface area contributed by atoms with E-state index in [0.29, 0.717) is 15.4 Å². The van der Waals surface area contributed by atoms with Crippen LogP contribution in [0.15, 0.2) is 24.3 Å². The Morgan fingerprint density at radius 2 is 2.04 bits per heavy atom. The molecule has 0 aliphatic carbocycles. The maximum absolute atomic E-state index is 13.0. The molecule has 23 heavy (non-hydrogen) atoms. The van der Waals surface area contributed by atoms with Crippen molar-refractivity contribution >= 4 is 37.8 Å². The predicted molar refractivity (Wildman–Crippen MR) is 92.6 cm³/mol. The number of nitrogens with zero attached hydrogens (tertiary/aromatic N) is 2. The van der Waals surface area contributed by atoms with Crippen molar-refractivity contribution in [1.29, 1.82) is 0 Å². The molecule has 0 fully saturated rings. The number of aliphatic hydroxyl groups is 1. The van der Waals surface area contributed by atoms with Gasteiger partial charge in [-0.1, -0.05) is 30.2 Å². The molecule has 7 heteroatoms. The lowest BCUT2D eigenvalue weighted by Crippen LogP contribution is -2.35. The van der Waals surface area contributed by atoms with Crippen molar-refractivity contribution in [2.24, 2.45) is 0 Å². The van der Waals surface area contributed by atoms with Gasteiger partial charge in [0.15, 0.2) is 11.6 Å². The van der Waals surface area contributed by atoms with Crippen molar-refractivity contribution in [3.63, 3.8) is 0 Å². The Morgan fingerprint density at radius 1 is 1.35 bits per heavy atom. The van der Waals surface area contributed by atoms with E-state index in [9.17, 15) is 13.5 Å². The molecular formula is C16H14N2O3S2. The van der Waals surface area contributed by atoms with Crippen LogP contribution in [0, 0.1) is 26.2 Å². The van der Waals surface area contributed by atoms with E-state index in [0.717, 1.165) is 9.87 Å². The molecule has 1 aromatic heterocycles. The van der Waals surface area contributed by atoms with E-state index in [4.69, 9.17) is 6.42 Å². The van der Waals surface area contributed by atoms with Crippen LogP contribution in [0.4, 0.5) is 5.82 Å². The zero-order valence-electron chi connectivity index (χ0n) is 12.6. The summed E-state index contributed by atoms with van der Waals surface area (Å²) in [7, 11) is -3.99. The normalized spacial score (nSPS) is 16.1. The second-order valence-electron chi connectivity index (χ2n) is 5.09. The first-order chi connectivity index (χ1) is 10.9. The molecule has 3 rings (SSSR count). The van der Waals surface area contributed by atoms with Gasteiger partial charge < -0.3 is 5.11 Å². The fourth-order valence-corrected chi connectivity index (χ4v) is 5.20. The lowest BCUT2D eigenvalue weighted by molar-refractivity contribution is 0.514. The summed E-state index contributed by atoms with van der Waals surface area (Å²) in [5.41, 5.74) is 1.21. The minimum atomic E-state index is -3.99. The summed E-state index contributed by atoms with van der Waals surface area (Å²) in [6, 6.07) is 7.01. The lowest BCUT2D eigenvalue weighted by Gasteiger charge is -2.27. The Balaban J connectivity index is 2.38. The number of terminal acetylenes is 1. The first kappa shape index (κ1) is 15.6. The highest BCUT2D eigenvalue weighted by molar-refractivity contribution is 8.02. The van der Waals surface area contributed by atoms with E-state index in [1.165, 1.54) is 11.3 Å². The standard InChI is InChI=1S/C16H14N2O3S2/c1-4-9-18-16-14(22-11(3)17-16)13(19)15(23(18,20)21)12-8-6-5-7-10(12)2/h1,5-8,19H,9H2,2-3H3. The summed E-state index contributed by atoms with van der Waals surface area (Å²) in [5, 5.41) is 11.3. The number of aryl methyl sites for hydroxylation is 2. The van der Waals surface area contributed by atoms with Crippen LogP contribution in [0.3, 0.4) is 0 Å². The molecule has 5 nitrogen and oxygen atoms in total. The van der Waals surface area contributed by atoms with Crippen LogP contribution < -0.4 is 4.31 Å². The van der Waals surface area contributed by atoms with Crippen LogP contribution in [-0.4, -0.2) is 25.1 Å². The molecule has 0 saturated heterocycles. The van der Waals surface area contributed by atoms with E-state index in [2.05, 4.69) is 10.9 Å². The number of sulfonamides is 1. The fraction of sp³-hybridized carbons (Fsp3) is 0.188. The number of anilines is 1. The summed E-state index contributed by atoms with van der Waals surface area (Å²) in [4.78, 5) is 4.52. The van der Waals surface area contributed by atoms with Crippen LogP contribution in [0.5, 0.6) is 0 Å². The number of hydrogen-bond donors (Lipinski definition) is 1. The van der Waals surface area contributed by atoms with Gasteiger partial charge >= 0.3 is 0 Å². The van der Waals surface area contributed by atoms with E-state index >= 15 is 0 Å². The number of hydrogen-bond acceptors (Lipinski definition) is 5. The molecule has 0 atom stereocenters. The minimum absolute atomic E-state index is 0.123. The van der Waals surface area contributed by atoms with Crippen LogP contribution in [0.2, 0.25) is 0 Å². The maximum atomic E-state index is 13.0. The van der Waals surface area contributed by atoms with Gasteiger partial charge in [-0.3, -0.25) is 0 Å². The van der Waals surface area contributed by atoms with Crippen LogP contribution in [0.1, 0.15) is 21.0 Å². The summed E-state index contributed by atoms with van der Waals surface area (Å²) < 4.78 is 27.1. The van der Waals surface area contributed by atoms with Crippen LogP contribution in [-0.2, 0) is 10.0 Å². The Kier molecular flexibility index (Phi) is 3.66. The largest absolute Gasteiger partial charge is 0.505 e. The van der Waals surface area contributed by atoms with Gasteiger partial charge in [-0.05, 0) is 19.4 Å². The van der Waals surface area contributed by atoms with E-state index in [1.54, 1.807) is 32.0 Å². The van der Waals surface area contributed by atoms with Crippen molar-refractivity contribution < 1.29 is 13.5 Å². The highest BCUT2D eigenvalue weighted by Gasteiger charge is 2.40. The van der Waals surface area contributed by atoms with Crippen molar-refractivity contribution in [2.45, 2.75) is 13.8 Å². The topological polar surface area (TPSA) is 70.5 Å². The molecular weight excluding hydrogens is 332 g/mol. The zero-order valence-corrected chi connectivity index (χ0v) is 14.2. The highest BCUT2D eigenvalue weighted by Crippen LogP contribution is 2.45. The van der Waals surface area contributed by atoms with Crippen molar-refractivity contribution in [2.75, 3.05) is 10.8 Å². The van der Waals surface area contributed by atoms with Gasteiger partial charge in [-0.25, -0.2) is 17.7 Å². The Bertz CT molecular complexity index is 965. The molecule has 1 aromatic carbocycles. The third-order valence-corrected chi connectivity index (χ3v) is 6.33. The predicted octanol–water partition coefficient (Wildman–Crippen LogP) is 2.93. The molecule has 0 amide bonds.